The molecule has 148 valence electrons. The second-order valence-electron chi connectivity index (χ2n) is 6.31. The van der Waals surface area contributed by atoms with E-state index in [1.54, 1.807) is 35.7 Å². The van der Waals surface area contributed by atoms with Crippen molar-refractivity contribution in [1.82, 2.24) is 9.13 Å². The zero-order valence-corrected chi connectivity index (χ0v) is 17.0. The van der Waals surface area contributed by atoms with E-state index in [-0.39, 0.29) is 17.1 Å². The maximum atomic E-state index is 13.4. The molecule has 0 amide bonds. The quantitative estimate of drug-likeness (QED) is 0.470. The molecule has 0 aliphatic rings. The summed E-state index contributed by atoms with van der Waals surface area (Å²) in [7, 11) is 0. The van der Waals surface area contributed by atoms with Gasteiger partial charge in [-0.05, 0) is 60.3 Å². The van der Waals surface area contributed by atoms with Crippen LogP contribution in [0, 0.1) is 5.82 Å². The fraction of sp³-hybridized carbons (Fsp3) is 0.143. The molecule has 29 heavy (non-hydrogen) atoms. The number of benzene rings is 2. The van der Waals surface area contributed by atoms with Gasteiger partial charge < -0.3 is 4.74 Å². The van der Waals surface area contributed by atoms with Gasteiger partial charge in [-0.2, -0.15) is 0 Å². The van der Waals surface area contributed by atoms with E-state index in [2.05, 4.69) is 0 Å². The maximum absolute atomic E-state index is 13.4. The Morgan fingerprint density at radius 3 is 2.55 bits per heavy atom. The van der Waals surface area contributed by atoms with Gasteiger partial charge in [-0.1, -0.05) is 17.7 Å². The van der Waals surface area contributed by atoms with Crippen molar-refractivity contribution >= 4 is 33.2 Å². The Bertz CT molecular complexity index is 1310. The van der Waals surface area contributed by atoms with Gasteiger partial charge in [0.2, 0.25) is 0 Å². The number of hydrogen-bond donors (Lipinski definition) is 0. The Morgan fingerprint density at radius 2 is 1.86 bits per heavy atom. The first-order valence-corrected chi connectivity index (χ1v) is 10.2. The van der Waals surface area contributed by atoms with Crippen LogP contribution in [0.15, 0.2) is 63.5 Å². The smallest absolute Gasteiger partial charge is 0.336 e. The predicted octanol–water partition coefficient (Wildman–Crippen LogP) is 4.45. The third kappa shape index (κ3) is 3.59. The molecule has 2 aromatic heterocycles. The highest BCUT2D eigenvalue weighted by Crippen LogP contribution is 2.22. The lowest BCUT2D eigenvalue weighted by Gasteiger charge is -2.13. The van der Waals surface area contributed by atoms with Gasteiger partial charge in [0.1, 0.15) is 16.3 Å². The molecule has 0 saturated carbocycles. The number of nitrogens with zero attached hydrogens (tertiary/aromatic N) is 2. The van der Waals surface area contributed by atoms with Crippen molar-refractivity contribution in [2.75, 3.05) is 6.61 Å². The summed E-state index contributed by atoms with van der Waals surface area (Å²) in [6, 6.07) is 12.5. The minimum Gasteiger partial charge on any atom is -0.494 e. The Labute approximate surface area is 174 Å². The second-order valence-corrected chi connectivity index (χ2v) is 7.63. The molecule has 0 saturated heterocycles. The van der Waals surface area contributed by atoms with Crippen molar-refractivity contribution in [3.8, 4) is 11.4 Å². The summed E-state index contributed by atoms with van der Waals surface area (Å²) in [6.45, 7) is 2.51. The molecule has 4 aromatic rings. The van der Waals surface area contributed by atoms with Crippen LogP contribution in [0.4, 0.5) is 4.39 Å². The first kappa shape index (κ1) is 19.4. The minimum atomic E-state index is -0.495. The van der Waals surface area contributed by atoms with Crippen molar-refractivity contribution in [3.63, 3.8) is 0 Å². The zero-order valence-electron chi connectivity index (χ0n) is 15.4. The number of halogens is 2. The molecule has 0 bridgehead atoms. The summed E-state index contributed by atoms with van der Waals surface area (Å²) >= 11 is 7.42. The summed E-state index contributed by atoms with van der Waals surface area (Å²) < 4.78 is 21.9. The second kappa shape index (κ2) is 7.85. The van der Waals surface area contributed by atoms with Crippen molar-refractivity contribution in [3.05, 3.63) is 91.2 Å². The van der Waals surface area contributed by atoms with Crippen molar-refractivity contribution in [2.45, 2.75) is 13.5 Å². The molecule has 0 radical (unpaired) electrons. The molecule has 2 heterocycles. The zero-order chi connectivity index (χ0) is 20.5. The van der Waals surface area contributed by atoms with Gasteiger partial charge >= 0.3 is 5.69 Å². The standard InChI is InChI=1S/C21H16ClFN2O3S/c1-2-28-16-7-5-15(6-8-16)25-20(26)19-18(9-10-29-19)24(21(25)27)12-13-3-4-14(23)11-17(13)22/h3-11H,2,12H2,1H3. The first-order valence-electron chi connectivity index (χ1n) is 8.90. The highest BCUT2D eigenvalue weighted by molar-refractivity contribution is 7.17. The minimum absolute atomic E-state index is 0.114. The third-order valence-corrected chi connectivity index (χ3v) is 5.75. The summed E-state index contributed by atoms with van der Waals surface area (Å²) in [6.07, 6.45) is 0. The third-order valence-electron chi connectivity index (χ3n) is 4.50. The summed E-state index contributed by atoms with van der Waals surface area (Å²) in [5.74, 6) is 0.200. The maximum Gasteiger partial charge on any atom is 0.336 e. The van der Waals surface area contributed by atoms with E-state index >= 15 is 0 Å². The molecule has 0 atom stereocenters. The summed E-state index contributed by atoms with van der Waals surface area (Å²) in [5.41, 5.74) is 0.668. The Morgan fingerprint density at radius 1 is 1.10 bits per heavy atom. The first-order chi connectivity index (χ1) is 14.0. The molecule has 8 heteroatoms. The van der Waals surface area contributed by atoms with Crippen LogP contribution in [0.25, 0.3) is 15.9 Å². The van der Waals surface area contributed by atoms with E-state index in [0.717, 1.165) is 4.57 Å². The Kier molecular flexibility index (Phi) is 5.25. The molecule has 0 aliphatic carbocycles. The van der Waals surface area contributed by atoms with Crippen LogP contribution in [0.2, 0.25) is 5.02 Å². The van der Waals surface area contributed by atoms with Crippen molar-refractivity contribution in [2.24, 2.45) is 0 Å². The van der Waals surface area contributed by atoms with Crippen molar-refractivity contribution in [1.29, 1.82) is 0 Å². The van der Waals surface area contributed by atoms with Gasteiger partial charge in [0.15, 0.2) is 0 Å². The van der Waals surface area contributed by atoms with Crippen LogP contribution in [-0.2, 0) is 6.54 Å². The number of aromatic nitrogens is 2. The van der Waals surface area contributed by atoms with E-state index in [0.29, 0.717) is 33.8 Å². The monoisotopic (exact) mass is 430 g/mol. The summed E-state index contributed by atoms with van der Waals surface area (Å²) in [4.78, 5) is 26.3. The van der Waals surface area contributed by atoms with Crippen LogP contribution in [-0.4, -0.2) is 15.7 Å². The summed E-state index contributed by atoms with van der Waals surface area (Å²) in [5, 5.41) is 1.98. The van der Waals surface area contributed by atoms with Gasteiger partial charge in [-0.25, -0.2) is 13.8 Å². The molecular weight excluding hydrogens is 415 g/mol. The molecule has 4 rings (SSSR count). The van der Waals surface area contributed by atoms with Gasteiger partial charge in [0.25, 0.3) is 5.56 Å². The molecule has 0 spiro atoms. The molecule has 0 unspecified atom stereocenters. The van der Waals surface area contributed by atoms with E-state index in [4.69, 9.17) is 16.3 Å². The number of rotatable bonds is 5. The van der Waals surface area contributed by atoms with E-state index in [1.165, 1.54) is 34.1 Å². The fourth-order valence-corrected chi connectivity index (χ4v) is 4.20. The van der Waals surface area contributed by atoms with Crippen LogP contribution in [0.5, 0.6) is 5.75 Å². The van der Waals surface area contributed by atoms with Gasteiger partial charge in [0.05, 0.1) is 24.4 Å². The molecular formula is C21H16ClFN2O3S. The predicted molar refractivity (Wildman–Crippen MR) is 113 cm³/mol. The lowest BCUT2D eigenvalue weighted by Crippen LogP contribution is -2.38. The highest BCUT2D eigenvalue weighted by atomic mass is 35.5. The van der Waals surface area contributed by atoms with Crippen LogP contribution < -0.4 is 16.0 Å². The average Bonchev–Trinajstić information content (AvgIpc) is 3.18. The molecule has 0 aliphatic heterocycles. The molecule has 0 N–H and O–H groups in total. The molecule has 0 fully saturated rings. The van der Waals surface area contributed by atoms with Crippen LogP contribution in [0.3, 0.4) is 0 Å². The number of hydrogen-bond acceptors (Lipinski definition) is 4. The number of fused-ring (bicyclic) bond motifs is 1. The van der Waals surface area contributed by atoms with Crippen LogP contribution in [0.1, 0.15) is 12.5 Å². The van der Waals surface area contributed by atoms with E-state index < -0.39 is 11.5 Å². The number of thiophene rings is 1. The lowest BCUT2D eigenvalue weighted by atomic mass is 10.2. The lowest BCUT2D eigenvalue weighted by molar-refractivity contribution is 0.340. The Balaban J connectivity index is 1.90. The van der Waals surface area contributed by atoms with Gasteiger partial charge in [0, 0.05) is 5.02 Å². The van der Waals surface area contributed by atoms with Crippen molar-refractivity contribution < 1.29 is 9.13 Å². The van der Waals surface area contributed by atoms with Crippen LogP contribution >= 0.6 is 22.9 Å². The van der Waals surface area contributed by atoms with E-state index in [1.807, 2.05) is 6.92 Å². The van der Waals surface area contributed by atoms with Gasteiger partial charge in [-0.3, -0.25) is 9.36 Å². The Hall–Kier alpha value is -2.90. The molecule has 5 nitrogen and oxygen atoms in total. The van der Waals surface area contributed by atoms with E-state index in [9.17, 15) is 14.0 Å². The number of ether oxygens (including phenoxy) is 1. The average molecular weight is 431 g/mol. The highest BCUT2D eigenvalue weighted by Gasteiger charge is 2.17. The topological polar surface area (TPSA) is 53.2 Å². The fourth-order valence-electron chi connectivity index (χ4n) is 3.15. The largest absolute Gasteiger partial charge is 0.494 e. The SMILES string of the molecule is CCOc1ccc(-n2c(=O)c3sccc3n(Cc3ccc(F)cc3Cl)c2=O)cc1. The molecule has 2 aromatic carbocycles. The normalized spacial score (nSPS) is 11.1. The van der Waals surface area contributed by atoms with Gasteiger partial charge in [-0.15, -0.1) is 11.3 Å².